The summed E-state index contributed by atoms with van der Waals surface area (Å²) in [4.78, 5) is 23.1. The van der Waals surface area contributed by atoms with Gasteiger partial charge in [0.15, 0.2) is 0 Å². The molecule has 0 aliphatic carbocycles. The van der Waals surface area contributed by atoms with Crippen LogP contribution in [0.2, 0.25) is 0 Å². The van der Waals surface area contributed by atoms with Gasteiger partial charge in [-0.25, -0.2) is 15.0 Å². The summed E-state index contributed by atoms with van der Waals surface area (Å²) in [7, 11) is 0. The topological polar surface area (TPSA) is 81.9 Å². The van der Waals surface area contributed by atoms with Gasteiger partial charge in [-0.2, -0.15) is 0 Å². The van der Waals surface area contributed by atoms with Crippen molar-refractivity contribution < 1.29 is 9.53 Å². The van der Waals surface area contributed by atoms with Gasteiger partial charge in [-0.15, -0.1) is 0 Å². The number of anilines is 1. The Hall–Kier alpha value is -3.22. The van der Waals surface area contributed by atoms with Gasteiger partial charge in [-0.1, -0.05) is 6.07 Å². The third kappa shape index (κ3) is 3.75. The Morgan fingerprint density at radius 3 is 2.88 bits per heavy atom. The minimum atomic E-state index is -0.189. The van der Waals surface area contributed by atoms with E-state index in [1.54, 1.807) is 18.6 Å². The largest absolute Gasteiger partial charge is 0.473 e. The number of nitrogens with zero attached hydrogens (tertiary/aromatic N) is 4. The molecule has 2 heterocycles. The molecule has 1 N–H and O–H groups in total. The molecule has 2 aromatic heterocycles. The molecular formula is C17H17N5O2. The third-order valence-electron chi connectivity index (χ3n) is 3.45. The van der Waals surface area contributed by atoms with Crippen LogP contribution in [0.1, 0.15) is 18.1 Å². The smallest absolute Gasteiger partial charge is 0.222 e. The highest BCUT2D eigenvalue weighted by Crippen LogP contribution is 2.18. The zero-order valence-electron chi connectivity index (χ0n) is 13.4. The van der Waals surface area contributed by atoms with Crippen molar-refractivity contribution in [3.8, 4) is 11.6 Å². The molecule has 24 heavy (non-hydrogen) atoms. The normalized spacial score (nSPS) is 10.4. The number of amides is 1. The number of hydrogen-bond acceptors (Lipinski definition) is 5. The molecule has 0 atom stereocenters. The Morgan fingerprint density at radius 2 is 2.17 bits per heavy atom. The lowest BCUT2D eigenvalue weighted by Gasteiger charge is -2.11. The van der Waals surface area contributed by atoms with E-state index < -0.39 is 0 Å². The lowest BCUT2D eigenvalue weighted by molar-refractivity contribution is -0.114. The number of aromatic nitrogens is 4. The molecule has 1 aromatic carbocycles. The number of nitrogens with one attached hydrogen (secondary N) is 1. The van der Waals surface area contributed by atoms with Gasteiger partial charge in [0.25, 0.3) is 0 Å². The lowest BCUT2D eigenvalue weighted by Crippen LogP contribution is -2.08. The number of hydrogen-bond donors (Lipinski definition) is 1. The monoisotopic (exact) mass is 323 g/mol. The SMILES string of the molecule is CC(=O)Nc1cc(OCc2ccc(-n3ccnc3)cc2C)ncn1. The van der Waals surface area contributed by atoms with E-state index >= 15 is 0 Å². The van der Waals surface area contributed by atoms with Crippen molar-refractivity contribution in [3.63, 3.8) is 0 Å². The molecule has 122 valence electrons. The van der Waals surface area contributed by atoms with Gasteiger partial charge < -0.3 is 14.6 Å². The molecule has 0 saturated heterocycles. The molecule has 0 radical (unpaired) electrons. The van der Waals surface area contributed by atoms with E-state index in [0.717, 1.165) is 16.8 Å². The molecule has 0 aliphatic heterocycles. The number of benzene rings is 1. The average Bonchev–Trinajstić information content (AvgIpc) is 3.08. The molecule has 0 bridgehead atoms. The van der Waals surface area contributed by atoms with Gasteiger partial charge >= 0.3 is 0 Å². The maximum Gasteiger partial charge on any atom is 0.222 e. The standard InChI is InChI=1S/C17H17N5O2/c1-12-7-15(22-6-5-18-11-22)4-3-14(12)9-24-17-8-16(19-10-20-17)21-13(2)23/h3-8,10-11H,9H2,1-2H3,(H,19,20,21,23). The van der Waals surface area contributed by atoms with Crippen LogP contribution in [0.4, 0.5) is 5.82 Å². The summed E-state index contributed by atoms with van der Waals surface area (Å²) in [5.74, 6) is 0.636. The first kappa shape index (κ1) is 15.7. The highest BCUT2D eigenvalue weighted by Gasteiger charge is 2.05. The quantitative estimate of drug-likeness (QED) is 0.780. The third-order valence-corrected chi connectivity index (χ3v) is 3.45. The minimum Gasteiger partial charge on any atom is -0.473 e. The first-order valence-electron chi connectivity index (χ1n) is 7.42. The van der Waals surface area contributed by atoms with Gasteiger partial charge in [0, 0.05) is 31.1 Å². The van der Waals surface area contributed by atoms with Crippen LogP contribution in [-0.2, 0) is 11.4 Å². The molecule has 0 spiro atoms. The first-order chi connectivity index (χ1) is 11.6. The fourth-order valence-electron chi connectivity index (χ4n) is 2.23. The number of rotatable bonds is 5. The van der Waals surface area contributed by atoms with E-state index in [4.69, 9.17) is 4.74 Å². The summed E-state index contributed by atoms with van der Waals surface area (Å²) in [6.45, 7) is 3.84. The van der Waals surface area contributed by atoms with Crippen molar-refractivity contribution in [3.05, 3.63) is 60.4 Å². The van der Waals surface area contributed by atoms with Crippen molar-refractivity contribution in [2.24, 2.45) is 0 Å². The van der Waals surface area contributed by atoms with Crippen LogP contribution in [0.25, 0.3) is 5.69 Å². The van der Waals surface area contributed by atoms with Crippen LogP contribution in [0.5, 0.6) is 5.88 Å². The van der Waals surface area contributed by atoms with E-state index in [9.17, 15) is 4.79 Å². The van der Waals surface area contributed by atoms with Crippen LogP contribution in [0, 0.1) is 6.92 Å². The fourth-order valence-corrected chi connectivity index (χ4v) is 2.23. The summed E-state index contributed by atoms with van der Waals surface area (Å²) >= 11 is 0. The van der Waals surface area contributed by atoms with Gasteiger partial charge in [0.2, 0.25) is 11.8 Å². The summed E-state index contributed by atoms with van der Waals surface area (Å²) in [6.07, 6.45) is 6.76. The van der Waals surface area contributed by atoms with Crippen LogP contribution in [0.3, 0.4) is 0 Å². The van der Waals surface area contributed by atoms with Crippen LogP contribution in [0.15, 0.2) is 49.3 Å². The molecular weight excluding hydrogens is 306 g/mol. The zero-order valence-corrected chi connectivity index (χ0v) is 13.4. The second-order valence-corrected chi connectivity index (χ2v) is 5.29. The highest BCUT2D eigenvalue weighted by atomic mass is 16.5. The van der Waals surface area contributed by atoms with Crippen LogP contribution in [-0.4, -0.2) is 25.4 Å². The predicted octanol–water partition coefficient (Wildman–Crippen LogP) is 2.51. The lowest BCUT2D eigenvalue weighted by atomic mass is 10.1. The molecule has 0 aliphatic rings. The van der Waals surface area contributed by atoms with Crippen molar-refractivity contribution >= 4 is 11.7 Å². The maximum absolute atomic E-state index is 11.1. The summed E-state index contributed by atoms with van der Waals surface area (Å²) in [5, 5.41) is 2.60. The van der Waals surface area contributed by atoms with E-state index in [1.165, 1.54) is 13.3 Å². The van der Waals surface area contributed by atoms with Crippen molar-refractivity contribution in [2.75, 3.05) is 5.32 Å². The Morgan fingerprint density at radius 1 is 1.29 bits per heavy atom. The van der Waals surface area contributed by atoms with Gasteiger partial charge in [-0.3, -0.25) is 4.79 Å². The Labute approximate surface area is 139 Å². The van der Waals surface area contributed by atoms with Gasteiger partial charge in [-0.05, 0) is 30.2 Å². The molecule has 3 rings (SSSR count). The second-order valence-electron chi connectivity index (χ2n) is 5.29. The molecule has 0 saturated carbocycles. The Bertz CT molecular complexity index is 846. The molecule has 3 aromatic rings. The molecule has 0 unspecified atom stereocenters. The summed E-state index contributed by atoms with van der Waals surface area (Å²) in [5.41, 5.74) is 3.21. The van der Waals surface area contributed by atoms with E-state index in [-0.39, 0.29) is 5.91 Å². The van der Waals surface area contributed by atoms with Crippen molar-refractivity contribution in [1.29, 1.82) is 0 Å². The van der Waals surface area contributed by atoms with Crippen LogP contribution < -0.4 is 10.1 Å². The van der Waals surface area contributed by atoms with Crippen molar-refractivity contribution in [2.45, 2.75) is 20.5 Å². The number of carbonyl (C=O) groups is 1. The van der Waals surface area contributed by atoms with Gasteiger partial charge in [0.1, 0.15) is 18.8 Å². The number of aryl methyl sites for hydroxylation is 1. The predicted molar refractivity (Wildman–Crippen MR) is 89.0 cm³/mol. The van der Waals surface area contributed by atoms with Crippen LogP contribution >= 0.6 is 0 Å². The molecule has 7 nitrogen and oxygen atoms in total. The first-order valence-corrected chi connectivity index (χ1v) is 7.42. The minimum absolute atomic E-state index is 0.189. The Kier molecular flexibility index (Phi) is 4.51. The van der Waals surface area contributed by atoms with E-state index in [1.807, 2.05) is 29.8 Å². The molecule has 1 amide bonds. The van der Waals surface area contributed by atoms with E-state index in [2.05, 4.69) is 26.3 Å². The fraction of sp³-hybridized carbons (Fsp3) is 0.176. The summed E-state index contributed by atoms with van der Waals surface area (Å²) in [6, 6.07) is 7.69. The number of ether oxygens (including phenoxy) is 1. The van der Waals surface area contributed by atoms with Crippen molar-refractivity contribution in [1.82, 2.24) is 19.5 Å². The number of imidazole rings is 1. The van der Waals surface area contributed by atoms with E-state index in [0.29, 0.717) is 18.3 Å². The van der Waals surface area contributed by atoms with Gasteiger partial charge in [0.05, 0.1) is 6.33 Å². The number of carbonyl (C=O) groups excluding carboxylic acids is 1. The second kappa shape index (κ2) is 6.91. The molecule has 0 fully saturated rings. The highest BCUT2D eigenvalue weighted by molar-refractivity contribution is 5.87. The maximum atomic E-state index is 11.1. The Balaban J connectivity index is 1.69. The zero-order chi connectivity index (χ0) is 16.9. The molecule has 7 heteroatoms. The average molecular weight is 323 g/mol. The summed E-state index contributed by atoms with van der Waals surface area (Å²) < 4.78 is 7.65.